The van der Waals surface area contributed by atoms with Gasteiger partial charge in [-0.15, -0.1) is 0 Å². The van der Waals surface area contributed by atoms with Gasteiger partial charge < -0.3 is 14.8 Å². The second-order valence-electron chi connectivity index (χ2n) is 4.52. The highest BCUT2D eigenvalue weighted by Gasteiger charge is 2.00. The van der Waals surface area contributed by atoms with Crippen LogP contribution in [0.2, 0.25) is 0 Å². The summed E-state index contributed by atoms with van der Waals surface area (Å²) >= 11 is 5.20. The first kappa shape index (κ1) is 16.8. The lowest BCUT2D eigenvalue weighted by Gasteiger charge is -2.08. The van der Waals surface area contributed by atoms with Crippen LogP contribution >= 0.6 is 12.2 Å². The molecular weight excluding hydrogens is 310 g/mol. The Labute approximate surface area is 141 Å². The van der Waals surface area contributed by atoms with Gasteiger partial charge in [-0.05, 0) is 55.5 Å². The fourth-order valence-electron chi connectivity index (χ4n) is 1.87. The predicted octanol–water partition coefficient (Wildman–Crippen LogP) is 3.41. The number of rotatable bonds is 6. The van der Waals surface area contributed by atoms with Gasteiger partial charge in [0.25, 0.3) is 0 Å². The summed E-state index contributed by atoms with van der Waals surface area (Å²) in [5, 5.41) is 7.57. The lowest BCUT2D eigenvalue weighted by Crippen LogP contribution is -2.23. The average molecular weight is 329 g/mol. The Hall–Kier alpha value is -2.60. The Morgan fingerprint density at radius 1 is 1.17 bits per heavy atom. The summed E-state index contributed by atoms with van der Waals surface area (Å²) < 4.78 is 10.6. The molecule has 0 saturated carbocycles. The first-order chi connectivity index (χ1) is 11.2. The molecule has 0 fully saturated rings. The van der Waals surface area contributed by atoms with E-state index in [1.807, 2.05) is 55.5 Å². The highest BCUT2D eigenvalue weighted by atomic mass is 32.1. The number of nitrogens with zero attached hydrogens (tertiary/aromatic N) is 1. The zero-order chi connectivity index (χ0) is 16.5. The third-order valence-corrected chi connectivity index (χ3v) is 3.13. The molecule has 0 amide bonds. The van der Waals surface area contributed by atoms with Gasteiger partial charge in [-0.25, -0.2) is 0 Å². The van der Waals surface area contributed by atoms with E-state index in [-0.39, 0.29) is 0 Å². The first-order valence-electron chi connectivity index (χ1n) is 7.19. The van der Waals surface area contributed by atoms with Crippen LogP contribution in [0.15, 0.2) is 53.6 Å². The minimum Gasteiger partial charge on any atom is -0.497 e. The summed E-state index contributed by atoms with van der Waals surface area (Å²) in [4.78, 5) is 0. The van der Waals surface area contributed by atoms with Crippen LogP contribution in [0.1, 0.15) is 12.5 Å². The van der Waals surface area contributed by atoms with Crippen molar-refractivity contribution in [3.63, 3.8) is 0 Å². The van der Waals surface area contributed by atoms with Gasteiger partial charge in [0.15, 0.2) is 5.11 Å². The number of anilines is 1. The molecule has 0 atom stereocenters. The Balaban J connectivity index is 1.90. The van der Waals surface area contributed by atoms with Crippen molar-refractivity contribution in [3.05, 3.63) is 54.1 Å². The van der Waals surface area contributed by atoms with Crippen molar-refractivity contribution in [2.45, 2.75) is 6.92 Å². The Morgan fingerprint density at radius 3 is 2.61 bits per heavy atom. The fraction of sp³-hybridized carbons (Fsp3) is 0.176. The van der Waals surface area contributed by atoms with Crippen LogP contribution in [0.4, 0.5) is 5.69 Å². The first-order valence-corrected chi connectivity index (χ1v) is 7.59. The smallest absolute Gasteiger partial charge is 0.191 e. The maximum atomic E-state index is 5.53. The van der Waals surface area contributed by atoms with E-state index in [2.05, 4.69) is 15.8 Å². The Kier molecular flexibility index (Phi) is 6.38. The molecule has 0 aromatic heterocycles. The molecule has 0 radical (unpaired) electrons. The number of hydrazone groups is 1. The van der Waals surface area contributed by atoms with E-state index < -0.39 is 0 Å². The summed E-state index contributed by atoms with van der Waals surface area (Å²) in [5.41, 5.74) is 4.52. The van der Waals surface area contributed by atoms with Crippen molar-refractivity contribution < 1.29 is 9.47 Å². The highest BCUT2D eigenvalue weighted by molar-refractivity contribution is 7.80. The lowest BCUT2D eigenvalue weighted by atomic mass is 10.2. The van der Waals surface area contributed by atoms with E-state index in [0.717, 1.165) is 22.7 Å². The molecular formula is C17H19N3O2S. The third-order valence-electron chi connectivity index (χ3n) is 2.94. The largest absolute Gasteiger partial charge is 0.497 e. The van der Waals surface area contributed by atoms with Gasteiger partial charge in [-0.3, -0.25) is 5.43 Å². The lowest BCUT2D eigenvalue weighted by molar-refractivity contribution is 0.340. The molecule has 5 nitrogen and oxygen atoms in total. The molecule has 0 spiro atoms. The SMILES string of the molecule is CCOc1ccccc1/C=N\NC(=S)Nc1ccc(OC)cc1. The monoisotopic (exact) mass is 329 g/mol. The molecule has 0 bridgehead atoms. The van der Waals surface area contributed by atoms with Gasteiger partial charge in [0.2, 0.25) is 0 Å². The van der Waals surface area contributed by atoms with Crippen molar-refractivity contribution in [1.29, 1.82) is 0 Å². The number of benzene rings is 2. The number of methoxy groups -OCH3 is 1. The molecule has 0 aliphatic rings. The summed E-state index contributed by atoms with van der Waals surface area (Å²) in [7, 11) is 1.63. The van der Waals surface area contributed by atoms with E-state index in [4.69, 9.17) is 21.7 Å². The fourth-order valence-corrected chi connectivity index (χ4v) is 2.04. The van der Waals surface area contributed by atoms with E-state index >= 15 is 0 Å². The molecule has 23 heavy (non-hydrogen) atoms. The zero-order valence-corrected chi connectivity index (χ0v) is 13.9. The summed E-state index contributed by atoms with van der Waals surface area (Å²) in [6.07, 6.45) is 1.67. The van der Waals surface area contributed by atoms with Crippen LogP contribution in [0, 0.1) is 0 Å². The maximum absolute atomic E-state index is 5.53. The van der Waals surface area contributed by atoms with Gasteiger partial charge >= 0.3 is 0 Å². The molecule has 2 N–H and O–H groups in total. The second kappa shape index (κ2) is 8.75. The minimum atomic E-state index is 0.403. The van der Waals surface area contributed by atoms with Gasteiger partial charge in [-0.2, -0.15) is 5.10 Å². The Morgan fingerprint density at radius 2 is 1.91 bits per heavy atom. The molecule has 0 aliphatic carbocycles. The van der Waals surface area contributed by atoms with Gasteiger partial charge in [0.05, 0.1) is 19.9 Å². The summed E-state index contributed by atoms with van der Waals surface area (Å²) in [6.45, 7) is 2.55. The van der Waals surface area contributed by atoms with Crippen molar-refractivity contribution >= 4 is 29.2 Å². The number of nitrogens with one attached hydrogen (secondary N) is 2. The molecule has 6 heteroatoms. The van der Waals surface area contributed by atoms with E-state index in [0.29, 0.717) is 11.7 Å². The van der Waals surface area contributed by atoms with Crippen LogP contribution in [-0.2, 0) is 0 Å². The van der Waals surface area contributed by atoms with Crippen LogP contribution in [0.3, 0.4) is 0 Å². The van der Waals surface area contributed by atoms with E-state index in [1.165, 1.54) is 0 Å². The molecule has 2 aromatic rings. The summed E-state index contributed by atoms with van der Waals surface area (Å²) in [6, 6.07) is 15.1. The van der Waals surface area contributed by atoms with Gasteiger partial charge in [0, 0.05) is 11.3 Å². The number of hydrogen-bond acceptors (Lipinski definition) is 4. The zero-order valence-electron chi connectivity index (χ0n) is 13.1. The average Bonchev–Trinajstić information content (AvgIpc) is 2.57. The predicted molar refractivity (Wildman–Crippen MR) is 97.6 cm³/mol. The molecule has 2 rings (SSSR count). The third kappa shape index (κ3) is 5.27. The second-order valence-corrected chi connectivity index (χ2v) is 4.93. The minimum absolute atomic E-state index is 0.403. The molecule has 120 valence electrons. The quantitative estimate of drug-likeness (QED) is 0.483. The molecule has 0 aliphatic heterocycles. The van der Waals surface area contributed by atoms with Crippen molar-refractivity contribution in [2.24, 2.45) is 5.10 Å². The van der Waals surface area contributed by atoms with E-state index in [9.17, 15) is 0 Å². The van der Waals surface area contributed by atoms with E-state index in [1.54, 1.807) is 13.3 Å². The highest BCUT2D eigenvalue weighted by Crippen LogP contribution is 2.16. The summed E-state index contributed by atoms with van der Waals surface area (Å²) in [5.74, 6) is 1.58. The number of para-hydroxylation sites is 1. The van der Waals surface area contributed by atoms with Gasteiger partial charge in [-0.1, -0.05) is 12.1 Å². The number of ether oxygens (including phenoxy) is 2. The van der Waals surface area contributed by atoms with Crippen LogP contribution in [-0.4, -0.2) is 25.0 Å². The number of hydrogen-bond donors (Lipinski definition) is 2. The van der Waals surface area contributed by atoms with Crippen molar-refractivity contribution in [3.8, 4) is 11.5 Å². The standard InChI is InChI=1S/C17H19N3O2S/c1-3-22-16-7-5-4-6-13(16)12-18-20-17(23)19-14-8-10-15(21-2)11-9-14/h4-12H,3H2,1-2H3,(H2,19,20,23)/b18-12-. The van der Waals surface area contributed by atoms with Crippen LogP contribution in [0.25, 0.3) is 0 Å². The van der Waals surface area contributed by atoms with Crippen molar-refractivity contribution in [2.75, 3.05) is 19.0 Å². The molecule has 0 unspecified atom stereocenters. The molecule has 0 heterocycles. The molecule has 0 saturated heterocycles. The van der Waals surface area contributed by atoms with Crippen LogP contribution < -0.4 is 20.2 Å². The topological polar surface area (TPSA) is 54.9 Å². The Bertz CT molecular complexity index is 672. The number of thiocarbonyl (C=S) groups is 1. The van der Waals surface area contributed by atoms with Gasteiger partial charge in [0.1, 0.15) is 11.5 Å². The van der Waals surface area contributed by atoms with Crippen LogP contribution in [0.5, 0.6) is 11.5 Å². The molecule has 2 aromatic carbocycles. The maximum Gasteiger partial charge on any atom is 0.191 e. The van der Waals surface area contributed by atoms with Crippen molar-refractivity contribution in [1.82, 2.24) is 5.43 Å². The normalized spacial score (nSPS) is 10.3.